The molecule has 1 rings (SSSR count). The van der Waals surface area contributed by atoms with E-state index < -0.39 is 6.10 Å². The number of amides is 1. The van der Waals surface area contributed by atoms with E-state index in [9.17, 15) is 9.90 Å². The number of hydrogen-bond acceptors (Lipinski definition) is 4. The first-order chi connectivity index (χ1) is 9.15. The van der Waals surface area contributed by atoms with Gasteiger partial charge in [0.15, 0.2) is 0 Å². The number of ether oxygens (including phenoxy) is 1. The van der Waals surface area contributed by atoms with Crippen molar-refractivity contribution in [3.8, 4) is 5.75 Å². The minimum Gasteiger partial charge on any atom is -0.497 e. The van der Waals surface area contributed by atoms with E-state index in [4.69, 9.17) is 4.74 Å². The highest BCUT2D eigenvalue weighted by Gasteiger charge is 2.06. The van der Waals surface area contributed by atoms with Crippen LogP contribution in [0.1, 0.15) is 19.8 Å². The van der Waals surface area contributed by atoms with Crippen LogP contribution in [0.25, 0.3) is 0 Å². The summed E-state index contributed by atoms with van der Waals surface area (Å²) >= 11 is 1.46. The summed E-state index contributed by atoms with van der Waals surface area (Å²) in [5, 5.41) is 12.2. The number of benzene rings is 1. The van der Waals surface area contributed by atoms with Crippen molar-refractivity contribution in [2.45, 2.75) is 30.8 Å². The lowest BCUT2D eigenvalue weighted by Gasteiger charge is -2.10. The number of aliphatic hydroxyl groups excluding tert-OH is 1. The van der Waals surface area contributed by atoms with Crippen molar-refractivity contribution in [2.24, 2.45) is 0 Å². The maximum absolute atomic E-state index is 11.6. The molecule has 4 nitrogen and oxygen atoms in total. The van der Waals surface area contributed by atoms with Gasteiger partial charge in [0.25, 0.3) is 0 Å². The average Bonchev–Trinajstić information content (AvgIpc) is 2.44. The Kier molecular flexibility index (Phi) is 7.36. The standard InChI is InChI=1S/C14H21NO3S/c1-3-4-11(16)9-15-14(17)10-19-13-7-5-12(18-2)6-8-13/h5-8,11,16H,3-4,9-10H2,1-2H3,(H,15,17). The molecule has 0 aliphatic rings. The number of methoxy groups -OCH3 is 1. The largest absolute Gasteiger partial charge is 0.497 e. The molecule has 5 heteroatoms. The van der Waals surface area contributed by atoms with E-state index >= 15 is 0 Å². The van der Waals surface area contributed by atoms with Crippen LogP contribution in [0.3, 0.4) is 0 Å². The summed E-state index contributed by atoms with van der Waals surface area (Å²) in [7, 11) is 1.62. The molecule has 19 heavy (non-hydrogen) atoms. The summed E-state index contributed by atoms with van der Waals surface area (Å²) in [6.07, 6.45) is 1.18. The maximum atomic E-state index is 11.6. The van der Waals surface area contributed by atoms with Gasteiger partial charge in [-0.3, -0.25) is 4.79 Å². The molecule has 0 fully saturated rings. The van der Waals surface area contributed by atoms with Crippen LogP contribution in [-0.4, -0.2) is 36.5 Å². The van der Waals surface area contributed by atoms with Gasteiger partial charge in [-0.15, -0.1) is 11.8 Å². The van der Waals surface area contributed by atoms with E-state index in [2.05, 4.69) is 5.32 Å². The molecule has 1 aromatic rings. The highest BCUT2D eigenvalue weighted by molar-refractivity contribution is 8.00. The summed E-state index contributed by atoms with van der Waals surface area (Å²) in [4.78, 5) is 12.6. The lowest BCUT2D eigenvalue weighted by atomic mass is 10.2. The van der Waals surface area contributed by atoms with E-state index in [0.717, 1.165) is 17.1 Å². The molecule has 0 aliphatic carbocycles. The molecule has 0 saturated carbocycles. The Hall–Kier alpha value is -1.20. The minimum absolute atomic E-state index is 0.0593. The van der Waals surface area contributed by atoms with Crippen molar-refractivity contribution in [3.63, 3.8) is 0 Å². The molecular formula is C14H21NO3S. The molecule has 0 spiro atoms. The monoisotopic (exact) mass is 283 g/mol. The summed E-state index contributed by atoms with van der Waals surface area (Å²) in [6, 6.07) is 7.57. The molecule has 1 amide bonds. The molecule has 2 N–H and O–H groups in total. The Morgan fingerprint density at radius 2 is 2.11 bits per heavy atom. The van der Waals surface area contributed by atoms with Crippen LogP contribution in [0.15, 0.2) is 29.2 Å². The van der Waals surface area contributed by atoms with Gasteiger partial charge in [0.1, 0.15) is 5.75 Å². The summed E-state index contributed by atoms with van der Waals surface area (Å²) in [5.41, 5.74) is 0. The minimum atomic E-state index is -0.445. The third-order valence-corrected chi connectivity index (χ3v) is 3.60. The second kappa shape index (κ2) is 8.82. The molecule has 1 aromatic carbocycles. The van der Waals surface area contributed by atoms with Crippen molar-refractivity contribution in [2.75, 3.05) is 19.4 Å². The molecule has 0 radical (unpaired) electrons. The van der Waals surface area contributed by atoms with Crippen molar-refractivity contribution in [1.82, 2.24) is 5.32 Å². The van der Waals surface area contributed by atoms with Crippen LogP contribution in [0.2, 0.25) is 0 Å². The number of carbonyl (C=O) groups excluding carboxylic acids is 1. The van der Waals surface area contributed by atoms with Gasteiger partial charge in [-0.2, -0.15) is 0 Å². The molecule has 0 saturated heterocycles. The van der Waals surface area contributed by atoms with Gasteiger partial charge < -0.3 is 15.2 Å². The normalized spacial score (nSPS) is 11.9. The predicted octanol–water partition coefficient (Wildman–Crippen LogP) is 2.06. The number of hydrogen-bond donors (Lipinski definition) is 2. The first-order valence-electron chi connectivity index (χ1n) is 6.37. The highest BCUT2D eigenvalue weighted by atomic mass is 32.2. The summed E-state index contributed by atoms with van der Waals surface area (Å²) < 4.78 is 5.07. The molecule has 0 aromatic heterocycles. The van der Waals surface area contributed by atoms with E-state index in [0.29, 0.717) is 18.7 Å². The van der Waals surface area contributed by atoms with Crippen LogP contribution < -0.4 is 10.1 Å². The fourth-order valence-corrected chi connectivity index (χ4v) is 2.27. The van der Waals surface area contributed by atoms with Gasteiger partial charge >= 0.3 is 0 Å². The third kappa shape index (κ3) is 6.50. The van der Waals surface area contributed by atoms with Crippen molar-refractivity contribution in [3.05, 3.63) is 24.3 Å². The van der Waals surface area contributed by atoms with Crippen LogP contribution in [-0.2, 0) is 4.79 Å². The molecule has 1 unspecified atom stereocenters. The Morgan fingerprint density at radius 1 is 1.42 bits per heavy atom. The first kappa shape index (κ1) is 15.9. The molecule has 0 bridgehead atoms. The fraction of sp³-hybridized carbons (Fsp3) is 0.500. The van der Waals surface area contributed by atoms with Crippen LogP contribution in [0.5, 0.6) is 5.75 Å². The predicted molar refractivity (Wildman–Crippen MR) is 77.6 cm³/mol. The van der Waals surface area contributed by atoms with Gasteiger partial charge in [0.05, 0.1) is 19.0 Å². The SMILES string of the molecule is CCCC(O)CNC(=O)CSc1ccc(OC)cc1. The van der Waals surface area contributed by atoms with E-state index in [1.54, 1.807) is 7.11 Å². The van der Waals surface area contributed by atoms with Crippen LogP contribution >= 0.6 is 11.8 Å². The zero-order chi connectivity index (χ0) is 14.1. The average molecular weight is 283 g/mol. The number of nitrogens with one attached hydrogen (secondary N) is 1. The van der Waals surface area contributed by atoms with Crippen molar-refractivity contribution < 1.29 is 14.6 Å². The van der Waals surface area contributed by atoms with Crippen LogP contribution in [0, 0.1) is 0 Å². The second-order valence-electron chi connectivity index (χ2n) is 4.21. The third-order valence-electron chi connectivity index (χ3n) is 2.59. The van der Waals surface area contributed by atoms with E-state index in [1.165, 1.54) is 11.8 Å². The summed E-state index contributed by atoms with van der Waals surface area (Å²) in [6.45, 7) is 2.33. The van der Waals surface area contributed by atoms with Gasteiger partial charge in [0, 0.05) is 11.4 Å². The zero-order valence-corrected chi connectivity index (χ0v) is 12.2. The first-order valence-corrected chi connectivity index (χ1v) is 7.36. The molecular weight excluding hydrogens is 262 g/mol. The topological polar surface area (TPSA) is 58.6 Å². The molecule has 0 aliphatic heterocycles. The molecule has 106 valence electrons. The van der Waals surface area contributed by atoms with Gasteiger partial charge in [-0.1, -0.05) is 13.3 Å². The van der Waals surface area contributed by atoms with Crippen molar-refractivity contribution >= 4 is 17.7 Å². The number of aliphatic hydroxyl groups is 1. The maximum Gasteiger partial charge on any atom is 0.230 e. The fourth-order valence-electron chi connectivity index (χ4n) is 1.54. The molecule has 0 heterocycles. The number of thioether (sulfide) groups is 1. The smallest absolute Gasteiger partial charge is 0.230 e. The van der Waals surface area contributed by atoms with E-state index in [1.807, 2.05) is 31.2 Å². The number of rotatable bonds is 8. The number of carbonyl (C=O) groups is 1. The zero-order valence-electron chi connectivity index (χ0n) is 11.4. The highest BCUT2D eigenvalue weighted by Crippen LogP contribution is 2.20. The Labute approximate surface area is 118 Å². The van der Waals surface area contributed by atoms with Gasteiger partial charge in [0.2, 0.25) is 5.91 Å². The van der Waals surface area contributed by atoms with Gasteiger partial charge in [-0.25, -0.2) is 0 Å². The van der Waals surface area contributed by atoms with Crippen LogP contribution in [0.4, 0.5) is 0 Å². The molecule has 1 atom stereocenters. The second-order valence-corrected chi connectivity index (χ2v) is 5.26. The summed E-state index contributed by atoms with van der Waals surface area (Å²) in [5.74, 6) is 1.10. The Balaban J connectivity index is 2.25. The lowest BCUT2D eigenvalue weighted by Crippen LogP contribution is -2.33. The van der Waals surface area contributed by atoms with E-state index in [-0.39, 0.29) is 5.91 Å². The Bertz CT molecular complexity index is 381. The van der Waals surface area contributed by atoms with Gasteiger partial charge in [-0.05, 0) is 30.7 Å². The quantitative estimate of drug-likeness (QED) is 0.717. The van der Waals surface area contributed by atoms with Crippen molar-refractivity contribution in [1.29, 1.82) is 0 Å². The lowest BCUT2D eigenvalue weighted by molar-refractivity contribution is -0.119. The Morgan fingerprint density at radius 3 is 2.68 bits per heavy atom.